The van der Waals surface area contributed by atoms with E-state index in [-0.39, 0.29) is 17.8 Å². The van der Waals surface area contributed by atoms with E-state index in [9.17, 15) is 4.39 Å². The second kappa shape index (κ2) is 7.25. The summed E-state index contributed by atoms with van der Waals surface area (Å²) in [4.78, 5) is 6.42. The molecule has 0 aromatic heterocycles. The molecule has 2 rings (SSSR count). The Morgan fingerprint density at radius 1 is 1.52 bits per heavy atom. The quantitative estimate of drug-likeness (QED) is 0.377. The van der Waals surface area contributed by atoms with Crippen LogP contribution in [0.4, 0.5) is 4.39 Å². The number of nitrogens with zero attached hydrogens (tertiary/aromatic N) is 2. The first-order valence-electron chi connectivity index (χ1n) is 7.47. The maximum atomic E-state index is 13.8. The van der Waals surface area contributed by atoms with Crippen LogP contribution in [0.2, 0.25) is 0 Å². The van der Waals surface area contributed by atoms with Gasteiger partial charge in [0.05, 0.1) is 0 Å². The van der Waals surface area contributed by atoms with E-state index in [0.717, 1.165) is 37.3 Å². The summed E-state index contributed by atoms with van der Waals surface area (Å²) in [5.41, 5.74) is 0.805. The van der Waals surface area contributed by atoms with Gasteiger partial charge in [0.25, 0.3) is 0 Å². The highest BCUT2D eigenvalue weighted by Crippen LogP contribution is 2.41. The van der Waals surface area contributed by atoms with E-state index in [2.05, 4.69) is 21.8 Å². The molecule has 0 radical (unpaired) electrons. The number of unbranched alkanes of at least 4 members (excludes halogenated alkanes) is 1. The van der Waals surface area contributed by atoms with E-state index in [0.29, 0.717) is 0 Å². The van der Waals surface area contributed by atoms with E-state index in [4.69, 9.17) is 0 Å². The Labute approximate surface area is 126 Å². The predicted octanol–water partition coefficient (Wildman–Crippen LogP) is 3.16. The van der Waals surface area contributed by atoms with Crippen LogP contribution >= 0.6 is 0 Å². The van der Waals surface area contributed by atoms with Crippen LogP contribution in [-0.4, -0.2) is 37.5 Å². The molecule has 3 nitrogen and oxygen atoms in total. The molecule has 1 fully saturated rings. The molecule has 0 aliphatic heterocycles. The van der Waals surface area contributed by atoms with Gasteiger partial charge in [-0.1, -0.05) is 24.3 Å². The largest absolute Gasteiger partial charge is 0.353 e. The first kappa shape index (κ1) is 15.5. The second-order valence-corrected chi connectivity index (χ2v) is 5.51. The average molecular weight is 289 g/mol. The van der Waals surface area contributed by atoms with Crippen molar-refractivity contribution in [2.24, 2.45) is 4.99 Å². The normalized spacial score (nSPS) is 21.0. The zero-order chi connectivity index (χ0) is 15.2. The van der Waals surface area contributed by atoms with Crippen LogP contribution < -0.4 is 5.32 Å². The fourth-order valence-electron chi connectivity index (χ4n) is 2.56. The monoisotopic (exact) mass is 289 g/mol. The van der Waals surface area contributed by atoms with Crippen LogP contribution in [0.15, 0.2) is 41.9 Å². The fraction of sp³-hybridized carbons (Fsp3) is 0.471. The van der Waals surface area contributed by atoms with E-state index in [1.807, 2.05) is 25.3 Å². The molecule has 0 bridgehead atoms. The highest BCUT2D eigenvalue weighted by molar-refractivity contribution is 5.80. The molecular weight excluding hydrogens is 265 g/mol. The Morgan fingerprint density at radius 3 is 2.95 bits per heavy atom. The van der Waals surface area contributed by atoms with Gasteiger partial charge >= 0.3 is 0 Å². The number of hydrogen-bond donors (Lipinski definition) is 1. The summed E-state index contributed by atoms with van der Waals surface area (Å²) in [7, 11) is 3.81. The van der Waals surface area contributed by atoms with Crippen molar-refractivity contribution < 1.29 is 4.39 Å². The molecule has 114 valence electrons. The first-order valence-corrected chi connectivity index (χ1v) is 7.47. The molecule has 1 aliphatic carbocycles. The standard InChI is InChI=1S/C17H24FN3/c1-4-5-8-11-21(3)17(19-2)20-16-12-14(16)13-9-6-7-10-15(13)18/h4,6-7,9-10,14,16H,1,5,8,11-12H2,2-3H3,(H,19,20). The number of guanidine groups is 1. The lowest BCUT2D eigenvalue weighted by molar-refractivity contribution is 0.468. The molecule has 1 aromatic rings. The van der Waals surface area contributed by atoms with Crippen molar-refractivity contribution in [3.8, 4) is 0 Å². The Morgan fingerprint density at radius 2 is 2.29 bits per heavy atom. The summed E-state index contributed by atoms with van der Waals surface area (Å²) in [6.45, 7) is 4.67. The Bertz CT molecular complexity index is 513. The van der Waals surface area contributed by atoms with E-state index >= 15 is 0 Å². The minimum Gasteiger partial charge on any atom is -0.353 e. The molecule has 1 aromatic carbocycles. The maximum Gasteiger partial charge on any atom is 0.193 e. The molecule has 21 heavy (non-hydrogen) atoms. The number of hydrogen-bond acceptors (Lipinski definition) is 1. The summed E-state index contributed by atoms with van der Waals surface area (Å²) < 4.78 is 13.8. The number of nitrogens with one attached hydrogen (secondary N) is 1. The van der Waals surface area contributed by atoms with Crippen LogP contribution in [-0.2, 0) is 0 Å². The van der Waals surface area contributed by atoms with Crippen molar-refractivity contribution in [3.05, 3.63) is 48.3 Å². The van der Waals surface area contributed by atoms with Crippen molar-refractivity contribution in [1.29, 1.82) is 0 Å². The molecule has 4 heteroatoms. The number of rotatable bonds is 6. The minimum absolute atomic E-state index is 0.110. The van der Waals surface area contributed by atoms with E-state index < -0.39 is 0 Å². The van der Waals surface area contributed by atoms with E-state index in [1.165, 1.54) is 6.07 Å². The third-order valence-electron chi connectivity index (χ3n) is 3.88. The van der Waals surface area contributed by atoms with Gasteiger partial charge in [-0.25, -0.2) is 4.39 Å². The average Bonchev–Trinajstić information content (AvgIpc) is 3.24. The second-order valence-electron chi connectivity index (χ2n) is 5.51. The zero-order valence-electron chi connectivity index (χ0n) is 12.8. The molecule has 1 saturated carbocycles. The van der Waals surface area contributed by atoms with Crippen molar-refractivity contribution >= 4 is 5.96 Å². The molecule has 2 atom stereocenters. The molecule has 0 spiro atoms. The van der Waals surface area contributed by atoms with Gasteiger partial charge in [-0.3, -0.25) is 4.99 Å². The SMILES string of the molecule is C=CCCCN(C)C(=NC)NC1CC1c1ccccc1F. The Balaban J connectivity index is 1.87. The third-order valence-corrected chi connectivity index (χ3v) is 3.88. The summed E-state index contributed by atoms with van der Waals surface area (Å²) in [6.07, 6.45) is 4.95. The van der Waals surface area contributed by atoms with Gasteiger partial charge in [-0.15, -0.1) is 6.58 Å². The zero-order valence-corrected chi connectivity index (χ0v) is 12.8. The highest BCUT2D eigenvalue weighted by Gasteiger charge is 2.40. The lowest BCUT2D eigenvalue weighted by atomic mass is 10.1. The van der Waals surface area contributed by atoms with Crippen molar-refractivity contribution in [1.82, 2.24) is 10.2 Å². The summed E-state index contributed by atoms with van der Waals surface area (Å²) in [6, 6.07) is 7.31. The van der Waals surface area contributed by atoms with Gasteiger partial charge in [0.1, 0.15) is 5.82 Å². The summed E-state index contributed by atoms with van der Waals surface area (Å²) in [5.74, 6) is 1.02. The number of halogens is 1. The lowest BCUT2D eigenvalue weighted by Gasteiger charge is -2.22. The maximum absolute atomic E-state index is 13.8. The lowest BCUT2D eigenvalue weighted by Crippen LogP contribution is -2.40. The molecule has 0 saturated heterocycles. The van der Waals surface area contributed by atoms with Crippen molar-refractivity contribution in [2.45, 2.75) is 31.2 Å². The first-order chi connectivity index (χ1) is 10.2. The molecule has 0 heterocycles. The van der Waals surface area contributed by atoms with E-state index in [1.54, 1.807) is 13.1 Å². The highest BCUT2D eigenvalue weighted by atomic mass is 19.1. The van der Waals surface area contributed by atoms with Crippen LogP contribution in [0, 0.1) is 5.82 Å². The van der Waals surface area contributed by atoms with Crippen LogP contribution in [0.5, 0.6) is 0 Å². The van der Waals surface area contributed by atoms with Gasteiger partial charge in [-0.2, -0.15) is 0 Å². The fourth-order valence-corrected chi connectivity index (χ4v) is 2.56. The van der Waals surface area contributed by atoms with Crippen molar-refractivity contribution in [2.75, 3.05) is 20.6 Å². The van der Waals surface area contributed by atoms with Crippen molar-refractivity contribution in [3.63, 3.8) is 0 Å². The minimum atomic E-state index is -0.110. The predicted molar refractivity (Wildman–Crippen MR) is 86.1 cm³/mol. The Kier molecular flexibility index (Phi) is 5.37. The number of benzene rings is 1. The van der Waals surface area contributed by atoms with Gasteiger partial charge in [0, 0.05) is 32.6 Å². The molecule has 2 unspecified atom stereocenters. The van der Waals surface area contributed by atoms with Crippen LogP contribution in [0.1, 0.15) is 30.7 Å². The van der Waals surface area contributed by atoms with Crippen LogP contribution in [0.25, 0.3) is 0 Å². The summed E-state index contributed by atoms with van der Waals surface area (Å²) in [5, 5.41) is 3.43. The van der Waals surface area contributed by atoms with Crippen LogP contribution in [0.3, 0.4) is 0 Å². The smallest absolute Gasteiger partial charge is 0.193 e. The molecule has 1 N–H and O–H groups in total. The Hall–Kier alpha value is -1.84. The topological polar surface area (TPSA) is 27.6 Å². The van der Waals surface area contributed by atoms with Gasteiger partial charge in [-0.05, 0) is 30.9 Å². The van der Waals surface area contributed by atoms with Gasteiger partial charge in [0.15, 0.2) is 5.96 Å². The molecule has 0 amide bonds. The number of aliphatic imine (C=N–C) groups is 1. The van der Waals surface area contributed by atoms with Gasteiger partial charge < -0.3 is 10.2 Å². The van der Waals surface area contributed by atoms with Gasteiger partial charge in [0.2, 0.25) is 0 Å². The summed E-state index contributed by atoms with van der Waals surface area (Å²) >= 11 is 0. The third kappa shape index (κ3) is 4.06. The molecular formula is C17H24FN3. The number of allylic oxidation sites excluding steroid dienone is 1. The molecule has 1 aliphatic rings.